The Hall–Kier alpha value is -1.82. The monoisotopic (exact) mass is 354 g/mol. The van der Waals surface area contributed by atoms with E-state index in [1.54, 1.807) is 6.07 Å². The van der Waals surface area contributed by atoms with Gasteiger partial charge in [-0.1, -0.05) is 15.9 Å². The fourth-order valence-electron chi connectivity index (χ4n) is 1.99. The Morgan fingerprint density at radius 2 is 1.90 bits per heavy atom. The third-order valence-electron chi connectivity index (χ3n) is 2.96. The van der Waals surface area contributed by atoms with Gasteiger partial charge >= 0.3 is 6.03 Å². The highest BCUT2D eigenvalue weighted by Gasteiger charge is 2.07. The van der Waals surface area contributed by atoms with Crippen LogP contribution >= 0.6 is 15.9 Å². The minimum atomic E-state index is -0.342. The van der Waals surface area contributed by atoms with E-state index in [1.165, 1.54) is 12.1 Å². The number of hydrogen-bond acceptors (Lipinski definition) is 2. The first-order valence-corrected chi connectivity index (χ1v) is 7.26. The van der Waals surface area contributed by atoms with Crippen LogP contribution in [0.25, 0.3) is 0 Å². The number of amides is 2. The third kappa shape index (κ3) is 4.60. The maximum Gasteiger partial charge on any atom is 0.315 e. The molecule has 2 N–H and O–H groups in total. The third-order valence-corrected chi connectivity index (χ3v) is 3.42. The summed E-state index contributed by atoms with van der Waals surface area (Å²) in [5, 5.41) is 5.42. The van der Waals surface area contributed by atoms with Crippen LogP contribution in [0.5, 0.6) is 0 Å². The minimum Gasteiger partial charge on any atom is -0.466 e. The summed E-state index contributed by atoms with van der Waals surface area (Å²) >= 11 is 3.21. The van der Waals surface area contributed by atoms with Crippen LogP contribution in [-0.4, -0.2) is 6.03 Å². The van der Waals surface area contributed by atoms with Crippen molar-refractivity contribution >= 4 is 22.0 Å². The van der Waals surface area contributed by atoms with E-state index in [-0.39, 0.29) is 18.4 Å². The molecule has 21 heavy (non-hydrogen) atoms. The van der Waals surface area contributed by atoms with E-state index in [0.717, 1.165) is 17.1 Å². The number of urea groups is 1. The number of halogens is 2. The molecule has 0 aliphatic heterocycles. The maximum atomic E-state index is 13.2. The second kappa shape index (κ2) is 6.76. The van der Waals surface area contributed by atoms with E-state index in [4.69, 9.17) is 4.42 Å². The number of hydrogen-bond donors (Lipinski definition) is 2. The van der Waals surface area contributed by atoms with E-state index < -0.39 is 0 Å². The molecular formula is C15H16BrFN2O2. The largest absolute Gasteiger partial charge is 0.466 e. The number of rotatable bonds is 4. The Morgan fingerprint density at radius 3 is 2.52 bits per heavy atom. The first-order chi connectivity index (χ1) is 9.94. The molecule has 1 aromatic carbocycles. The molecule has 0 radical (unpaired) electrons. The van der Waals surface area contributed by atoms with E-state index in [1.807, 2.05) is 19.9 Å². The number of aryl methyl sites for hydroxylation is 2. The molecule has 4 nitrogen and oxygen atoms in total. The van der Waals surface area contributed by atoms with Gasteiger partial charge in [0.25, 0.3) is 0 Å². The summed E-state index contributed by atoms with van der Waals surface area (Å²) in [6.45, 7) is 4.36. The van der Waals surface area contributed by atoms with Crippen molar-refractivity contribution in [2.45, 2.75) is 26.9 Å². The zero-order valence-electron chi connectivity index (χ0n) is 11.8. The molecule has 0 atom stereocenters. The topological polar surface area (TPSA) is 54.3 Å². The van der Waals surface area contributed by atoms with E-state index in [9.17, 15) is 9.18 Å². The van der Waals surface area contributed by atoms with E-state index in [2.05, 4.69) is 26.6 Å². The standard InChI is InChI=1S/C15H16BrFN2O2/c1-9-3-12(10(2)21-9)8-19-15(20)18-7-11-4-13(16)6-14(17)5-11/h3-6H,7-8H2,1-2H3,(H2,18,19,20). The lowest BCUT2D eigenvalue weighted by atomic mass is 10.2. The van der Waals surface area contributed by atoms with Gasteiger partial charge in [-0.2, -0.15) is 0 Å². The average Bonchev–Trinajstić information content (AvgIpc) is 2.71. The number of carbonyl (C=O) groups is 1. The molecule has 1 aromatic heterocycles. The molecule has 0 saturated carbocycles. The molecule has 0 bridgehead atoms. The van der Waals surface area contributed by atoms with Crippen molar-refractivity contribution in [3.8, 4) is 0 Å². The predicted molar refractivity (Wildman–Crippen MR) is 81.4 cm³/mol. The summed E-state index contributed by atoms with van der Waals surface area (Å²) in [5.41, 5.74) is 1.63. The molecule has 112 valence electrons. The van der Waals surface area contributed by atoms with Crippen molar-refractivity contribution in [3.63, 3.8) is 0 Å². The van der Waals surface area contributed by atoms with Gasteiger partial charge in [0.1, 0.15) is 17.3 Å². The fraction of sp³-hybridized carbons (Fsp3) is 0.267. The zero-order chi connectivity index (χ0) is 15.4. The summed E-state index contributed by atoms with van der Waals surface area (Å²) in [4.78, 5) is 11.7. The van der Waals surface area contributed by atoms with Crippen molar-refractivity contribution in [1.29, 1.82) is 0 Å². The summed E-state index contributed by atoms with van der Waals surface area (Å²) < 4.78 is 19.2. The number of furan rings is 1. The molecule has 2 aromatic rings. The van der Waals surface area contributed by atoms with E-state index in [0.29, 0.717) is 16.6 Å². The molecular weight excluding hydrogens is 339 g/mol. The zero-order valence-corrected chi connectivity index (χ0v) is 13.4. The van der Waals surface area contributed by atoms with Gasteiger partial charge < -0.3 is 15.1 Å². The van der Waals surface area contributed by atoms with Crippen molar-refractivity contribution in [1.82, 2.24) is 10.6 Å². The van der Waals surface area contributed by atoms with Crippen molar-refractivity contribution in [3.05, 3.63) is 57.2 Å². The Labute approximate surface area is 130 Å². The molecule has 0 aliphatic carbocycles. The first kappa shape index (κ1) is 15.6. The summed E-state index contributed by atoms with van der Waals surface area (Å²) in [6, 6.07) is 6.09. The Bertz CT molecular complexity index is 635. The molecule has 1 heterocycles. The number of benzene rings is 1. The van der Waals surface area contributed by atoms with Gasteiger partial charge in [-0.15, -0.1) is 0 Å². The molecule has 2 rings (SSSR count). The van der Waals surface area contributed by atoms with Crippen molar-refractivity contribution in [2.75, 3.05) is 0 Å². The second-order valence-corrected chi connectivity index (χ2v) is 5.67. The summed E-state index contributed by atoms with van der Waals surface area (Å²) in [6.07, 6.45) is 0. The summed E-state index contributed by atoms with van der Waals surface area (Å²) in [7, 11) is 0. The second-order valence-electron chi connectivity index (χ2n) is 4.75. The lowest BCUT2D eigenvalue weighted by Crippen LogP contribution is -2.34. The molecule has 0 saturated heterocycles. The van der Waals surface area contributed by atoms with Crippen LogP contribution in [0.15, 0.2) is 33.2 Å². The smallest absolute Gasteiger partial charge is 0.315 e. The highest BCUT2D eigenvalue weighted by molar-refractivity contribution is 9.10. The van der Waals surface area contributed by atoms with Crippen LogP contribution in [0.2, 0.25) is 0 Å². The minimum absolute atomic E-state index is 0.256. The van der Waals surface area contributed by atoms with Crippen LogP contribution in [0.3, 0.4) is 0 Å². The van der Waals surface area contributed by atoms with Crippen molar-refractivity contribution in [2.24, 2.45) is 0 Å². The van der Waals surface area contributed by atoms with Crippen LogP contribution in [0, 0.1) is 19.7 Å². The quantitative estimate of drug-likeness (QED) is 0.877. The summed E-state index contributed by atoms with van der Waals surface area (Å²) in [5.74, 6) is 1.27. The lowest BCUT2D eigenvalue weighted by molar-refractivity contribution is 0.240. The van der Waals surface area contributed by atoms with Gasteiger partial charge in [0, 0.05) is 23.1 Å². The Balaban J connectivity index is 1.83. The van der Waals surface area contributed by atoms with Crippen molar-refractivity contribution < 1.29 is 13.6 Å². The van der Waals surface area contributed by atoms with Gasteiger partial charge in [0.2, 0.25) is 0 Å². The Morgan fingerprint density at radius 1 is 1.19 bits per heavy atom. The molecule has 6 heteroatoms. The van der Waals surface area contributed by atoms with Gasteiger partial charge in [-0.05, 0) is 43.7 Å². The van der Waals surface area contributed by atoms with Gasteiger partial charge in [-0.3, -0.25) is 0 Å². The Kier molecular flexibility index (Phi) is 5.01. The molecule has 0 fully saturated rings. The number of nitrogens with one attached hydrogen (secondary N) is 2. The van der Waals surface area contributed by atoms with Crippen LogP contribution in [0.1, 0.15) is 22.6 Å². The highest BCUT2D eigenvalue weighted by atomic mass is 79.9. The highest BCUT2D eigenvalue weighted by Crippen LogP contribution is 2.15. The lowest BCUT2D eigenvalue weighted by Gasteiger charge is -2.08. The van der Waals surface area contributed by atoms with Gasteiger partial charge in [0.05, 0.1) is 0 Å². The van der Waals surface area contributed by atoms with Gasteiger partial charge in [-0.25, -0.2) is 9.18 Å². The van der Waals surface area contributed by atoms with E-state index >= 15 is 0 Å². The molecule has 2 amide bonds. The van der Waals surface area contributed by atoms with Crippen LogP contribution in [-0.2, 0) is 13.1 Å². The van der Waals surface area contributed by atoms with Crippen LogP contribution < -0.4 is 10.6 Å². The average molecular weight is 355 g/mol. The number of carbonyl (C=O) groups excluding carboxylic acids is 1. The van der Waals surface area contributed by atoms with Gasteiger partial charge in [0.15, 0.2) is 0 Å². The normalized spacial score (nSPS) is 10.5. The maximum absolute atomic E-state index is 13.2. The first-order valence-electron chi connectivity index (χ1n) is 6.46. The molecule has 0 unspecified atom stereocenters. The van der Waals surface area contributed by atoms with Crippen LogP contribution in [0.4, 0.5) is 9.18 Å². The molecule has 0 aliphatic rings. The SMILES string of the molecule is Cc1cc(CNC(=O)NCc2cc(F)cc(Br)c2)c(C)o1. The predicted octanol–water partition coefficient (Wildman–Crippen LogP) is 3.80. The molecule has 0 spiro atoms. The fourth-order valence-corrected chi connectivity index (χ4v) is 2.51.